The van der Waals surface area contributed by atoms with Crippen LogP contribution in [0.4, 0.5) is 29.5 Å². The van der Waals surface area contributed by atoms with Crippen LogP contribution >= 0.6 is 22.9 Å². The molecular formula is C22H20ClF3N4O4S2. The minimum atomic E-state index is -5.20. The summed E-state index contributed by atoms with van der Waals surface area (Å²) in [6.07, 6.45) is -0.972. The number of halogens is 4. The summed E-state index contributed by atoms with van der Waals surface area (Å²) in [5, 5.41) is 13.6. The van der Waals surface area contributed by atoms with E-state index in [1.165, 1.54) is 24.6 Å². The number of likely N-dealkylation sites (tertiary alicyclic amines) is 1. The van der Waals surface area contributed by atoms with Crippen LogP contribution < -0.4 is 9.62 Å². The van der Waals surface area contributed by atoms with Gasteiger partial charge < -0.3 is 10.4 Å². The molecule has 3 aromatic rings. The van der Waals surface area contributed by atoms with Gasteiger partial charge in [-0.1, -0.05) is 11.6 Å². The summed E-state index contributed by atoms with van der Waals surface area (Å²) in [7, 11) is -5.20. The zero-order valence-corrected chi connectivity index (χ0v) is 21.2. The summed E-state index contributed by atoms with van der Waals surface area (Å²) in [6, 6.07) is 3.38. The van der Waals surface area contributed by atoms with Crippen LogP contribution in [-0.4, -0.2) is 42.6 Å². The molecular weight excluding hydrogens is 541 g/mol. The minimum absolute atomic E-state index is 0.0916. The van der Waals surface area contributed by atoms with E-state index in [9.17, 15) is 22.7 Å². The number of hydrogen-bond acceptors (Lipinski definition) is 7. The molecule has 0 radical (unpaired) electrons. The van der Waals surface area contributed by atoms with Crippen LogP contribution in [0, 0.1) is 24.4 Å². The highest BCUT2D eigenvalue weighted by atomic mass is 35.5. The molecule has 0 atom stereocenters. The number of aromatic nitrogens is 1. The van der Waals surface area contributed by atoms with Gasteiger partial charge in [0, 0.05) is 40.3 Å². The summed E-state index contributed by atoms with van der Waals surface area (Å²) in [5.74, 6) is -3.95. The summed E-state index contributed by atoms with van der Waals surface area (Å²) in [6.45, 7) is 3.07. The van der Waals surface area contributed by atoms with Crippen molar-refractivity contribution in [3.8, 4) is 0 Å². The Labute approximate surface area is 214 Å². The second kappa shape index (κ2) is 10.2. The molecule has 1 aliphatic rings. The van der Waals surface area contributed by atoms with Gasteiger partial charge in [-0.3, -0.25) is 4.90 Å². The van der Waals surface area contributed by atoms with Gasteiger partial charge >= 0.3 is 6.09 Å². The highest BCUT2D eigenvalue weighted by Crippen LogP contribution is 2.33. The number of anilines is 2. The normalized spacial score (nSPS) is 13.9. The van der Waals surface area contributed by atoms with Crippen molar-refractivity contribution in [1.82, 2.24) is 9.88 Å². The molecule has 1 fully saturated rings. The Bertz CT molecular complexity index is 1420. The maximum absolute atomic E-state index is 15.3. The second-order valence-electron chi connectivity index (χ2n) is 8.04. The standard InChI is InChI=1S/C22H20ClF3N4O4S2/c1-12-18(27-8-13-14(9-29-5-2-6-29)16(24)4-3-15(13)23)7-17(25)21(20(12)26)36(33,34)30(22(31)32)19-10-35-11-28-19/h3-4,7,10-11,27H,2,5-6,8-9H2,1H3,(H,31,32). The van der Waals surface area contributed by atoms with Crippen molar-refractivity contribution >= 4 is 50.6 Å². The molecule has 1 amide bonds. The topological polar surface area (TPSA) is 103 Å². The van der Waals surface area contributed by atoms with Crippen molar-refractivity contribution in [3.63, 3.8) is 0 Å². The van der Waals surface area contributed by atoms with E-state index in [4.69, 9.17) is 11.6 Å². The van der Waals surface area contributed by atoms with E-state index in [1.807, 2.05) is 4.90 Å². The number of benzene rings is 2. The SMILES string of the molecule is Cc1c(NCc2c(Cl)ccc(F)c2CN2CCC2)cc(F)c(S(=O)(=O)N(C(=O)O)c2cscn2)c1F. The zero-order chi connectivity index (χ0) is 26.2. The number of rotatable bonds is 8. The van der Waals surface area contributed by atoms with Gasteiger partial charge in [0.15, 0.2) is 16.5 Å². The molecule has 0 aliphatic carbocycles. The van der Waals surface area contributed by atoms with Crippen molar-refractivity contribution in [2.24, 2.45) is 0 Å². The van der Waals surface area contributed by atoms with Crippen molar-refractivity contribution in [3.05, 3.63) is 68.3 Å². The van der Waals surface area contributed by atoms with E-state index in [0.717, 1.165) is 42.3 Å². The molecule has 2 aromatic carbocycles. The van der Waals surface area contributed by atoms with Crippen molar-refractivity contribution < 1.29 is 31.5 Å². The van der Waals surface area contributed by atoms with Crippen LogP contribution in [0.1, 0.15) is 23.1 Å². The predicted octanol–water partition coefficient (Wildman–Crippen LogP) is 5.21. The predicted molar refractivity (Wildman–Crippen MR) is 130 cm³/mol. The Kier molecular flexibility index (Phi) is 7.46. The van der Waals surface area contributed by atoms with Gasteiger partial charge in [0.2, 0.25) is 0 Å². The molecule has 8 nitrogen and oxygen atoms in total. The second-order valence-corrected chi connectivity index (χ2v) is 10.9. The molecule has 0 spiro atoms. The summed E-state index contributed by atoms with van der Waals surface area (Å²) < 4.78 is 70.6. The fraction of sp³-hybridized carbons (Fsp3) is 0.273. The molecule has 0 saturated carbocycles. The molecule has 192 valence electrons. The number of carboxylic acid groups (broad SMARTS) is 1. The Balaban J connectivity index is 1.67. The molecule has 2 heterocycles. The van der Waals surface area contributed by atoms with Gasteiger partial charge in [-0.2, -0.15) is 0 Å². The minimum Gasteiger partial charge on any atom is -0.464 e. The van der Waals surface area contributed by atoms with Crippen LogP contribution in [0.2, 0.25) is 5.02 Å². The fourth-order valence-electron chi connectivity index (χ4n) is 3.78. The van der Waals surface area contributed by atoms with Gasteiger partial charge in [-0.05, 0) is 50.2 Å². The van der Waals surface area contributed by atoms with Crippen LogP contribution in [0.3, 0.4) is 0 Å². The lowest BCUT2D eigenvalue weighted by atomic mass is 10.0. The Hall–Kier alpha value is -2.87. The molecule has 0 bridgehead atoms. The van der Waals surface area contributed by atoms with E-state index in [2.05, 4.69) is 10.3 Å². The van der Waals surface area contributed by atoms with Crippen LogP contribution in [0.25, 0.3) is 0 Å². The third kappa shape index (κ3) is 4.88. The molecule has 4 rings (SSSR count). The quantitative estimate of drug-likeness (QED) is 0.390. The van der Waals surface area contributed by atoms with E-state index >= 15 is 8.78 Å². The molecule has 0 unspecified atom stereocenters. The van der Waals surface area contributed by atoms with Gasteiger partial charge in [0.05, 0.1) is 5.51 Å². The number of nitrogens with zero attached hydrogens (tertiary/aromatic N) is 3. The smallest absolute Gasteiger partial charge is 0.427 e. The van der Waals surface area contributed by atoms with Crippen LogP contribution in [-0.2, 0) is 23.1 Å². The fourth-order valence-corrected chi connectivity index (χ4v) is 6.03. The highest BCUT2D eigenvalue weighted by Gasteiger charge is 2.38. The number of nitrogens with one attached hydrogen (secondary N) is 1. The maximum Gasteiger partial charge on any atom is 0.427 e. The van der Waals surface area contributed by atoms with Crippen molar-refractivity contribution in [2.75, 3.05) is 22.7 Å². The average molecular weight is 561 g/mol. The van der Waals surface area contributed by atoms with Crippen molar-refractivity contribution in [2.45, 2.75) is 31.3 Å². The monoisotopic (exact) mass is 560 g/mol. The number of sulfonamides is 1. The van der Waals surface area contributed by atoms with E-state index in [0.29, 0.717) is 17.7 Å². The first-order valence-corrected chi connectivity index (χ1v) is 13.4. The Morgan fingerprint density at radius 3 is 2.56 bits per heavy atom. The first-order chi connectivity index (χ1) is 17.0. The first-order valence-electron chi connectivity index (χ1n) is 10.6. The Morgan fingerprint density at radius 1 is 1.25 bits per heavy atom. The zero-order valence-electron chi connectivity index (χ0n) is 18.8. The van der Waals surface area contributed by atoms with Gasteiger partial charge in [0.25, 0.3) is 10.0 Å². The number of carbonyl (C=O) groups is 1. The maximum atomic E-state index is 15.3. The Morgan fingerprint density at radius 2 is 1.97 bits per heavy atom. The largest absolute Gasteiger partial charge is 0.464 e. The molecule has 36 heavy (non-hydrogen) atoms. The number of amides is 1. The lowest BCUT2D eigenvalue weighted by Gasteiger charge is -2.31. The summed E-state index contributed by atoms with van der Waals surface area (Å²) in [5.41, 5.74) is 1.55. The lowest BCUT2D eigenvalue weighted by Crippen LogP contribution is -2.37. The molecule has 1 aliphatic heterocycles. The van der Waals surface area contributed by atoms with E-state index in [1.54, 1.807) is 0 Å². The van der Waals surface area contributed by atoms with Gasteiger partial charge in [0.1, 0.15) is 11.6 Å². The van der Waals surface area contributed by atoms with E-state index < -0.39 is 44.3 Å². The van der Waals surface area contributed by atoms with Gasteiger partial charge in [-0.15, -0.1) is 15.6 Å². The third-order valence-electron chi connectivity index (χ3n) is 5.82. The van der Waals surface area contributed by atoms with E-state index in [-0.39, 0.29) is 27.1 Å². The number of thiazole rings is 1. The molecule has 1 saturated heterocycles. The first kappa shape index (κ1) is 26.2. The van der Waals surface area contributed by atoms with Crippen molar-refractivity contribution in [1.29, 1.82) is 0 Å². The molecule has 1 aromatic heterocycles. The van der Waals surface area contributed by atoms with Gasteiger partial charge in [-0.25, -0.2) is 31.4 Å². The average Bonchev–Trinajstić information content (AvgIpc) is 3.28. The number of hydrogen-bond donors (Lipinski definition) is 2. The summed E-state index contributed by atoms with van der Waals surface area (Å²) >= 11 is 7.20. The lowest BCUT2D eigenvalue weighted by molar-refractivity contribution is 0.170. The van der Waals surface area contributed by atoms with Crippen LogP contribution in [0.15, 0.2) is 34.0 Å². The molecule has 14 heteroatoms. The summed E-state index contributed by atoms with van der Waals surface area (Å²) in [4.78, 5) is 15.9. The highest BCUT2D eigenvalue weighted by molar-refractivity contribution is 7.93. The third-order valence-corrected chi connectivity index (χ3v) is 8.47. The van der Waals surface area contributed by atoms with Crippen LogP contribution in [0.5, 0.6) is 0 Å². The molecule has 2 N–H and O–H groups in total.